The summed E-state index contributed by atoms with van der Waals surface area (Å²) in [5.41, 5.74) is 2.75. The van der Waals surface area contributed by atoms with E-state index in [4.69, 9.17) is 23.2 Å². The van der Waals surface area contributed by atoms with Gasteiger partial charge in [0.2, 0.25) is 5.95 Å². The highest BCUT2D eigenvalue weighted by atomic mass is 35.5. The summed E-state index contributed by atoms with van der Waals surface area (Å²) in [5.74, 6) is 0.473. The van der Waals surface area contributed by atoms with Crippen LogP contribution in [0, 0.1) is 0 Å². The molecular formula is C13H12Cl2N4. The third-order valence-corrected chi connectivity index (χ3v) is 3.65. The van der Waals surface area contributed by atoms with E-state index in [9.17, 15) is 0 Å². The fraction of sp³-hybridized carbons (Fsp3) is 0.231. The monoisotopic (exact) mass is 294 g/mol. The van der Waals surface area contributed by atoms with Gasteiger partial charge in [0.15, 0.2) is 0 Å². The zero-order valence-electron chi connectivity index (χ0n) is 10.1. The van der Waals surface area contributed by atoms with Crippen LogP contribution in [0.2, 0.25) is 10.2 Å². The number of hydrogen-bond acceptors (Lipinski definition) is 4. The molecule has 98 valence electrons. The molecule has 0 fully saturated rings. The van der Waals surface area contributed by atoms with Crippen LogP contribution in [-0.2, 0) is 13.0 Å². The van der Waals surface area contributed by atoms with Gasteiger partial charge in [0.05, 0.1) is 16.4 Å². The van der Waals surface area contributed by atoms with Crippen LogP contribution in [-0.4, -0.2) is 16.5 Å². The van der Waals surface area contributed by atoms with E-state index < -0.39 is 0 Å². The minimum absolute atomic E-state index is 0.473. The number of anilines is 2. The molecule has 0 saturated heterocycles. The quantitative estimate of drug-likeness (QED) is 0.836. The Bertz CT molecular complexity index is 616. The minimum Gasteiger partial charge on any atom is -0.323 e. The van der Waals surface area contributed by atoms with Crippen molar-refractivity contribution in [3.63, 3.8) is 0 Å². The van der Waals surface area contributed by atoms with E-state index in [1.165, 1.54) is 0 Å². The molecule has 0 bridgehead atoms. The second-order valence-corrected chi connectivity index (χ2v) is 5.06. The number of aromatic nitrogens is 2. The van der Waals surface area contributed by atoms with E-state index in [-0.39, 0.29) is 0 Å². The van der Waals surface area contributed by atoms with Gasteiger partial charge in [-0.15, -0.1) is 0 Å². The molecule has 0 unspecified atom stereocenters. The Morgan fingerprint density at radius 1 is 1.16 bits per heavy atom. The maximum atomic E-state index is 6.20. The van der Waals surface area contributed by atoms with Crippen LogP contribution in [0.1, 0.15) is 11.3 Å². The first-order chi connectivity index (χ1) is 9.24. The van der Waals surface area contributed by atoms with Gasteiger partial charge in [0.1, 0.15) is 5.15 Å². The number of rotatable bonds is 2. The Morgan fingerprint density at radius 3 is 2.84 bits per heavy atom. The van der Waals surface area contributed by atoms with Gasteiger partial charge in [-0.2, -0.15) is 0 Å². The van der Waals surface area contributed by atoms with E-state index in [1.807, 2.05) is 24.3 Å². The SMILES string of the molecule is Clc1ccccc1Nc1nc(Cl)c2c(n1)CNCC2. The van der Waals surface area contributed by atoms with E-state index >= 15 is 0 Å². The van der Waals surface area contributed by atoms with Gasteiger partial charge in [0.25, 0.3) is 0 Å². The summed E-state index contributed by atoms with van der Waals surface area (Å²) >= 11 is 12.3. The Morgan fingerprint density at radius 2 is 2.00 bits per heavy atom. The minimum atomic E-state index is 0.473. The molecule has 0 saturated carbocycles. The summed E-state index contributed by atoms with van der Waals surface area (Å²) in [4.78, 5) is 8.76. The molecule has 0 radical (unpaired) electrons. The Balaban J connectivity index is 1.94. The number of benzene rings is 1. The fourth-order valence-electron chi connectivity index (χ4n) is 2.05. The second-order valence-electron chi connectivity index (χ2n) is 4.29. The molecule has 0 spiro atoms. The Kier molecular flexibility index (Phi) is 3.55. The molecule has 4 nitrogen and oxygen atoms in total. The van der Waals surface area contributed by atoms with Crippen molar-refractivity contribution in [3.05, 3.63) is 45.7 Å². The molecule has 2 heterocycles. The molecule has 0 atom stereocenters. The van der Waals surface area contributed by atoms with Crippen molar-refractivity contribution < 1.29 is 0 Å². The van der Waals surface area contributed by atoms with E-state index in [0.717, 1.165) is 36.5 Å². The van der Waals surface area contributed by atoms with Crippen LogP contribution in [0.4, 0.5) is 11.6 Å². The molecule has 1 aliphatic heterocycles. The molecule has 2 aromatic rings. The van der Waals surface area contributed by atoms with E-state index in [1.54, 1.807) is 0 Å². The largest absolute Gasteiger partial charge is 0.323 e. The van der Waals surface area contributed by atoms with Crippen LogP contribution in [0.5, 0.6) is 0 Å². The number of nitrogens with zero attached hydrogens (tertiary/aromatic N) is 2. The van der Waals surface area contributed by atoms with Crippen molar-refractivity contribution in [3.8, 4) is 0 Å². The number of fused-ring (bicyclic) bond motifs is 1. The zero-order valence-corrected chi connectivity index (χ0v) is 11.6. The summed E-state index contributed by atoms with van der Waals surface area (Å²) in [7, 11) is 0. The summed E-state index contributed by atoms with van der Waals surface area (Å²) in [6, 6.07) is 7.46. The smallest absolute Gasteiger partial charge is 0.228 e. The summed E-state index contributed by atoms with van der Waals surface area (Å²) in [6.07, 6.45) is 0.862. The van der Waals surface area contributed by atoms with E-state index in [2.05, 4.69) is 20.6 Å². The number of nitrogens with one attached hydrogen (secondary N) is 2. The highest BCUT2D eigenvalue weighted by Crippen LogP contribution is 2.26. The fourth-order valence-corrected chi connectivity index (χ4v) is 2.52. The molecule has 3 rings (SSSR count). The molecule has 6 heteroatoms. The lowest BCUT2D eigenvalue weighted by Crippen LogP contribution is -2.25. The Labute approximate surface area is 121 Å². The predicted molar refractivity (Wildman–Crippen MR) is 77.2 cm³/mol. The van der Waals surface area contributed by atoms with Crippen LogP contribution in [0.15, 0.2) is 24.3 Å². The molecule has 1 aliphatic rings. The van der Waals surface area contributed by atoms with Crippen LogP contribution >= 0.6 is 23.2 Å². The molecule has 0 aliphatic carbocycles. The summed E-state index contributed by atoms with van der Waals surface area (Å²) in [6.45, 7) is 1.63. The van der Waals surface area contributed by atoms with Crippen molar-refractivity contribution in [2.45, 2.75) is 13.0 Å². The van der Waals surface area contributed by atoms with Crippen molar-refractivity contribution in [1.29, 1.82) is 0 Å². The van der Waals surface area contributed by atoms with Gasteiger partial charge < -0.3 is 10.6 Å². The number of halogens is 2. The van der Waals surface area contributed by atoms with Crippen molar-refractivity contribution in [2.24, 2.45) is 0 Å². The molecule has 19 heavy (non-hydrogen) atoms. The highest BCUT2D eigenvalue weighted by Gasteiger charge is 2.16. The maximum absolute atomic E-state index is 6.20. The number of para-hydroxylation sites is 1. The lowest BCUT2D eigenvalue weighted by molar-refractivity contribution is 0.624. The average molecular weight is 295 g/mol. The highest BCUT2D eigenvalue weighted by molar-refractivity contribution is 6.33. The first-order valence-corrected chi connectivity index (χ1v) is 6.77. The van der Waals surface area contributed by atoms with Crippen molar-refractivity contribution in [2.75, 3.05) is 11.9 Å². The first kappa shape index (κ1) is 12.7. The van der Waals surface area contributed by atoms with Gasteiger partial charge >= 0.3 is 0 Å². The molecular weight excluding hydrogens is 283 g/mol. The summed E-state index contributed by atoms with van der Waals surface area (Å²) in [5, 5.41) is 7.50. The normalized spacial score (nSPS) is 14.0. The van der Waals surface area contributed by atoms with E-state index in [0.29, 0.717) is 16.1 Å². The van der Waals surface area contributed by atoms with Crippen molar-refractivity contribution in [1.82, 2.24) is 15.3 Å². The third kappa shape index (κ3) is 2.66. The van der Waals surface area contributed by atoms with Crippen LogP contribution < -0.4 is 10.6 Å². The lowest BCUT2D eigenvalue weighted by atomic mass is 10.1. The van der Waals surface area contributed by atoms with Crippen LogP contribution in [0.3, 0.4) is 0 Å². The first-order valence-electron chi connectivity index (χ1n) is 6.01. The molecule has 1 aromatic heterocycles. The predicted octanol–water partition coefficient (Wildman–Crippen LogP) is 3.17. The van der Waals surface area contributed by atoms with Gasteiger partial charge in [0, 0.05) is 12.1 Å². The van der Waals surface area contributed by atoms with Gasteiger partial charge in [-0.25, -0.2) is 9.97 Å². The van der Waals surface area contributed by atoms with Gasteiger partial charge in [-0.1, -0.05) is 35.3 Å². The lowest BCUT2D eigenvalue weighted by Gasteiger charge is -2.18. The Hall–Kier alpha value is -1.36. The topological polar surface area (TPSA) is 49.8 Å². The van der Waals surface area contributed by atoms with Gasteiger partial charge in [-0.05, 0) is 25.1 Å². The summed E-state index contributed by atoms with van der Waals surface area (Å²) < 4.78 is 0. The molecule has 1 aromatic carbocycles. The number of hydrogen-bond donors (Lipinski definition) is 2. The zero-order chi connectivity index (χ0) is 13.2. The second kappa shape index (κ2) is 5.33. The molecule has 2 N–H and O–H groups in total. The van der Waals surface area contributed by atoms with Gasteiger partial charge in [-0.3, -0.25) is 0 Å². The standard InChI is InChI=1S/C13H12Cl2N4/c14-9-3-1-2-4-10(9)17-13-18-11-7-16-6-5-8(11)12(15)19-13/h1-4,16H,5-7H2,(H,17,18,19). The molecule has 0 amide bonds. The maximum Gasteiger partial charge on any atom is 0.228 e. The third-order valence-electron chi connectivity index (χ3n) is 3.01. The van der Waals surface area contributed by atoms with Crippen molar-refractivity contribution >= 4 is 34.8 Å². The average Bonchev–Trinajstić information content (AvgIpc) is 2.42. The van der Waals surface area contributed by atoms with Crippen LogP contribution in [0.25, 0.3) is 0 Å².